The van der Waals surface area contributed by atoms with Crippen LogP contribution < -0.4 is 9.64 Å². The zero-order valence-electron chi connectivity index (χ0n) is 21.0. The number of aromatic nitrogens is 1. The first-order valence-electron chi connectivity index (χ1n) is 11.7. The lowest BCUT2D eigenvalue weighted by molar-refractivity contribution is -0.132. The third-order valence-corrected chi connectivity index (χ3v) is 7.25. The van der Waals surface area contributed by atoms with Crippen molar-refractivity contribution < 1.29 is 29.0 Å². The molecule has 0 bridgehead atoms. The molecule has 0 aliphatic carbocycles. The lowest BCUT2D eigenvalue weighted by atomic mass is 9.94. The van der Waals surface area contributed by atoms with E-state index in [9.17, 15) is 19.5 Å². The van der Waals surface area contributed by atoms with Crippen molar-refractivity contribution in [2.75, 3.05) is 18.1 Å². The number of ether oxygens (including phenoxy) is 2. The topological polar surface area (TPSA) is 106 Å². The fourth-order valence-electron chi connectivity index (χ4n) is 4.19. The Bertz CT molecular complexity index is 1480. The molecule has 1 aliphatic rings. The number of hydrogen-bond acceptors (Lipinski definition) is 8. The average molecular weight is 553 g/mol. The number of thiazole rings is 1. The molecule has 10 heteroatoms. The van der Waals surface area contributed by atoms with E-state index in [1.165, 1.54) is 4.90 Å². The Morgan fingerprint density at radius 2 is 2.00 bits per heavy atom. The number of anilines is 1. The first-order chi connectivity index (χ1) is 18.2. The molecule has 1 unspecified atom stereocenters. The second-order valence-corrected chi connectivity index (χ2v) is 9.85. The van der Waals surface area contributed by atoms with Crippen LogP contribution in [0.15, 0.2) is 60.7 Å². The standard InChI is InChI=1S/C28H25ClN2O6S/c1-5-12-37-19-10-11-20(15(3)13-19)23(32)21-22(17-8-7-9-18(29)14-17)31(26(34)24(21)33)28-30-16(4)25(38-28)27(35)36-6-2/h5,7-11,13-14,22,32H,1,6,12H2,2-4H3/b23-21+. The van der Waals surface area contributed by atoms with Crippen molar-refractivity contribution in [3.8, 4) is 5.75 Å². The number of esters is 1. The summed E-state index contributed by atoms with van der Waals surface area (Å²) in [5, 5.41) is 12.0. The van der Waals surface area contributed by atoms with Gasteiger partial charge in [-0.2, -0.15) is 0 Å². The maximum atomic E-state index is 13.4. The molecule has 1 fully saturated rings. The van der Waals surface area contributed by atoms with E-state index in [1.54, 1.807) is 69.3 Å². The number of carbonyl (C=O) groups is 3. The number of aliphatic hydroxyl groups is 1. The minimum Gasteiger partial charge on any atom is -0.507 e. The Kier molecular flexibility index (Phi) is 7.99. The molecule has 0 saturated carbocycles. The lowest BCUT2D eigenvalue weighted by Gasteiger charge is -2.23. The predicted molar refractivity (Wildman–Crippen MR) is 146 cm³/mol. The van der Waals surface area contributed by atoms with Gasteiger partial charge in [0, 0.05) is 10.6 Å². The van der Waals surface area contributed by atoms with E-state index in [0.29, 0.717) is 39.8 Å². The molecule has 1 saturated heterocycles. The van der Waals surface area contributed by atoms with Gasteiger partial charge in [0.1, 0.15) is 23.0 Å². The Balaban J connectivity index is 1.89. The molecule has 2 heterocycles. The number of halogens is 1. The Labute approximate surface area is 228 Å². The number of nitrogens with zero attached hydrogens (tertiary/aromatic N) is 2. The van der Waals surface area contributed by atoms with Crippen molar-refractivity contribution >= 4 is 51.5 Å². The first-order valence-corrected chi connectivity index (χ1v) is 12.9. The molecule has 1 aromatic heterocycles. The number of ketones is 1. The predicted octanol–water partition coefficient (Wildman–Crippen LogP) is 5.78. The van der Waals surface area contributed by atoms with Crippen molar-refractivity contribution in [1.82, 2.24) is 4.98 Å². The van der Waals surface area contributed by atoms with Crippen LogP contribution in [0, 0.1) is 13.8 Å². The summed E-state index contributed by atoms with van der Waals surface area (Å²) in [7, 11) is 0. The summed E-state index contributed by atoms with van der Waals surface area (Å²) in [4.78, 5) is 45.1. The van der Waals surface area contributed by atoms with Gasteiger partial charge in [-0.1, -0.05) is 47.7 Å². The molecule has 1 N–H and O–H groups in total. The third kappa shape index (κ3) is 5.07. The van der Waals surface area contributed by atoms with E-state index in [-0.39, 0.29) is 27.9 Å². The van der Waals surface area contributed by atoms with E-state index in [1.807, 2.05) is 0 Å². The molecule has 2 aromatic carbocycles. The second-order valence-electron chi connectivity index (χ2n) is 8.43. The average Bonchev–Trinajstić information content (AvgIpc) is 3.39. The molecule has 4 rings (SSSR count). The highest BCUT2D eigenvalue weighted by Gasteiger charge is 2.48. The summed E-state index contributed by atoms with van der Waals surface area (Å²) in [6.45, 7) is 9.18. The van der Waals surface area contributed by atoms with Gasteiger partial charge in [0.15, 0.2) is 5.13 Å². The molecule has 1 atom stereocenters. The van der Waals surface area contributed by atoms with Gasteiger partial charge in [-0.05, 0) is 62.2 Å². The van der Waals surface area contributed by atoms with E-state index in [2.05, 4.69) is 11.6 Å². The number of benzene rings is 2. The molecular formula is C28H25ClN2O6S. The van der Waals surface area contributed by atoms with Gasteiger partial charge in [-0.15, -0.1) is 0 Å². The van der Waals surface area contributed by atoms with Gasteiger partial charge in [0.2, 0.25) is 0 Å². The van der Waals surface area contributed by atoms with Crippen LogP contribution in [-0.4, -0.2) is 41.0 Å². The molecule has 8 nitrogen and oxygen atoms in total. The summed E-state index contributed by atoms with van der Waals surface area (Å²) < 4.78 is 10.7. The van der Waals surface area contributed by atoms with Gasteiger partial charge < -0.3 is 14.6 Å². The molecule has 3 aromatic rings. The van der Waals surface area contributed by atoms with E-state index in [4.69, 9.17) is 21.1 Å². The van der Waals surface area contributed by atoms with Crippen molar-refractivity contribution in [3.05, 3.63) is 93.0 Å². The van der Waals surface area contributed by atoms with Gasteiger partial charge >= 0.3 is 11.9 Å². The summed E-state index contributed by atoms with van der Waals surface area (Å²) in [5.74, 6) is -2.12. The molecular weight excluding hydrogens is 528 g/mol. The van der Waals surface area contributed by atoms with Crippen LogP contribution in [0.25, 0.3) is 5.76 Å². The second kappa shape index (κ2) is 11.2. The number of amides is 1. The van der Waals surface area contributed by atoms with Gasteiger partial charge in [-0.3, -0.25) is 14.5 Å². The zero-order chi connectivity index (χ0) is 27.6. The highest BCUT2D eigenvalue weighted by Crippen LogP contribution is 2.44. The molecule has 0 spiro atoms. The van der Waals surface area contributed by atoms with Crippen LogP contribution in [-0.2, 0) is 14.3 Å². The van der Waals surface area contributed by atoms with E-state index < -0.39 is 23.7 Å². The number of aryl methyl sites for hydroxylation is 2. The summed E-state index contributed by atoms with van der Waals surface area (Å²) in [6, 6.07) is 10.6. The quantitative estimate of drug-likeness (QED) is 0.124. The van der Waals surface area contributed by atoms with Crippen molar-refractivity contribution in [2.45, 2.75) is 26.8 Å². The lowest BCUT2D eigenvalue weighted by Crippen LogP contribution is -2.29. The van der Waals surface area contributed by atoms with Crippen LogP contribution >= 0.6 is 22.9 Å². The number of carbonyl (C=O) groups excluding carboxylic acids is 3. The smallest absolute Gasteiger partial charge is 0.350 e. The van der Waals surface area contributed by atoms with Crippen LogP contribution in [0.1, 0.15) is 45.0 Å². The number of Topliss-reactive ketones (excluding diaryl/α,β-unsaturated/α-hetero) is 1. The minimum atomic E-state index is -1.04. The highest BCUT2D eigenvalue weighted by molar-refractivity contribution is 7.17. The molecule has 1 amide bonds. The van der Waals surface area contributed by atoms with Crippen LogP contribution in [0.5, 0.6) is 5.75 Å². The summed E-state index contributed by atoms with van der Waals surface area (Å²) >= 11 is 7.20. The molecule has 38 heavy (non-hydrogen) atoms. The maximum Gasteiger partial charge on any atom is 0.350 e. The molecule has 1 aliphatic heterocycles. The van der Waals surface area contributed by atoms with Crippen LogP contribution in [0.4, 0.5) is 5.13 Å². The van der Waals surface area contributed by atoms with Crippen molar-refractivity contribution in [1.29, 1.82) is 0 Å². The van der Waals surface area contributed by atoms with Gasteiger partial charge in [-0.25, -0.2) is 9.78 Å². The number of aliphatic hydroxyl groups excluding tert-OH is 1. The van der Waals surface area contributed by atoms with Crippen molar-refractivity contribution in [3.63, 3.8) is 0 Å². The van der Waals surface area contributed by atoms with Crippen LogP contribution in [0.3, 0.4) is 0 Å². The fraction of sp³-hybridized carbons (Fsp3) is 0.214. The Morgan fingerprint density at radius 1 is 1.24 bits per heavy atom. The zero-order valence-corrected chi connectivity index (χ0v) is 22.6. The number of rotatable bonds is 8. The monoisotopic (exact) mass is 552 g/mol. The minimum absolute atomic E-state index is 0.120. The molecule has 196 valence electrons. The highest BCUT2D eigenvalue weighted by atomic mass is 35.5. The first kappa shape index (κ1) is 27.1. The largest absolute Gasteiger partial charge is 0.507 e. The van der Waals surface area contributed by atoms with Gasteiger partial charge in [0.25, 0.3) is 5.78 Å². The Hall–Kier alpha value is -3.95. The van der Waals surface area contributed by atoms with E-state index in [0.717, 1.165) is 11.3 Å². The third-order valence-electron chi connectivity index (χ3n) is 5.88. The van der Waals surface area contributed by atoms with Crippen molar-refractivity contribution in [2.24, 2.45) is 0 Å². The SMILES string of the molecule is C=CCOc1ccc(/C(O)=C2\C(=O)C(=O)N(c3nc(C)c(C(=O)OCC)s3)C2c2cccc(Cl)c2)c(C)c1. The normalized spacial score (nSPS) is 16.5. The molecule has 0 radical (unpaired) electrons. The Morgan fingerprint density at radius 3 is 2.66 bits per heavy atom. The summed E-state index contributed by atoms with van der Waals surface area (Å²) in [5.41, 5.74) is 1.73. The van der Waals surface area contributed by atoms with Gasteiger partial charge in [0.05, 0.1) is 23.9 Å². The van der Waals surface area contributed by atoms with Crippen LogP contribution in [0.2, 0.25) is 5.02 Å². The fourth-order valence-corrected chi connectivity index (χ4v) is 5.37. The number of hydrogen-bond donors (Lipinski definition) is 1. The summed E-state index contributed by atoms with van der Waals surface area (Å²) in [6.07, 6.45) is 1.61. The maximum absolute atomic E-state index is 13.4. The van der Waals surface area contributed by atoms with E-state index >= 15 is 0 Å².